The maximum Gasteiger partial charge on any atom is 0.309 e. The Hall–Kier alpha value is -1.90. The molecule has 1 aliphatic rings. The highest BCUT2D eigenvalue weighted by molar-refractivity contribution is 5.86. The lowest BCUT2D eigenvalue weighted by atomic mass is 9.82. The maximum absolute atomic E-state index is 12.7. The van der Waals surface area contributed by atoms with Gasteiger partial charge in [-0.25, -0.2) is 0 Å². The monoisotopic (exact) mass is 328 g/mol. The quantitative estimate of drug-likeness (QED) is 0.535. The molecule has 0 amide bonds. The normalized spacial score (nSPS) is 16.5. The molecule has 0 N–H and O–H groups in total. The van der Waals surface area contributed by atoms with Gasteiger partial charge in [0.2, 0.25) is 0 Å². The van der Waals surface area contributed by atoms with Crippen molar-refractivity contribution >= 4 is 11.8 Å². The minimum absolute atomic E-state index is 0.0362. The molecule has 2 atom stereocenters. The number of carbonyl (C=O) groups excluding carboxylic acids is 2. The van der Waals surface area contributed by atoms with Crippen LogP contribution in [0.25, 0.3) is 0 Å². The summed E-state index contributed by atoms with van der Waals surface area (Å²) in [5.41, 5.74) is 2.71. The summed E-state index contributed by atoms with van der Waals surface area (Å²) in [7, 11) is 0. The van der Waals surface area contributed by atoms with Crippen LogP contribution < -0.4 is 0 Å². The number of hydrogen-bond donors (Lipinski definition) is 0. The van der Waals surface area contributed by atoms with Crippen LogP contribution in [0.4, 0.5) is 0 Å². The number of Topliss-reactive ketones (excluding diaryl/α,β-unsaturated/α-hetero) is 1. The summed E-state index contributed by atoms with van der Waals surface area (Å²) in [5.74, 6) is -0.108. The number of benzene rings is 1. The van der Waals surface area contributed by atoms with Crippen molar-refractivity contribution in [1.82, 2.24) is 0 Å². The summed E-state index contributed by atoms with van der Waals surface area (Å²) >= 11 is 0. The molecular weight excluding hydrogens is 300 g/mol. The highest BCUT2D eigenvalue weighted by atomic mass is 16.5. The summed E-state index contributed by atoms with van der Waals surface area (Å²) in [4.78, 5) is 24.9. The number of hydrogen-bond acceptors (Lipinski definition) is 3. The molecule has 1 aromatic rings. The topological polar surface area (TPSA) is 43.4 Å². The molecule has 0 radical (unpaired) electrons. The third-order valence-corrected chi connectivity index (χ3v) is 5.17. The molecule has 3 heteroatoms. The lowest BCUT2D eigenvalue weighted by Gasteiger charge is -2.23. The molecule has 0 aromatic heterocycles. The Kier molecular flexibility index (Phi) is 6.36. The van der Waals surface area contributed by atoms with Crippen molar-refractivity contribution < 1.29 is 14.3 Å². The lowest BCUT2D eigenvalue weighted by Crippen LogP contribution is -2.30. The van der Waals surface area contributed by atoms with Crippen molar-refractivity contribution in [3.8, 4) is 0 Å². The molecular formula is C21H28O3. The fourth-order valence-electron chi connectivity index (χ4n) is 3.45. The Morgan fingerprint density at radius 2 is 1.79 bits per heavy atom. The van der Waals surface area contributed by atoms with E-state index in [1.165, 1.54) is 11.1 Å². The lowest BCUT2D eigenvalue weighted by molar-refractivity contribution is -0.151. The van der Waals surface area contributed by atoms with E-state index in [-0.39, 0.29) is 42.5 Å². The second-order valence-corrected chi connectivity index (χ2v) is 7.17. The fourth-order valence-corrected chi connectivity index (χ4v) is 3.45. The molecule has 3 nitrogen and oxygen atoms in total. The molecule has 0 saturated carbocycles. The molecule has 1 aromatic carbocycles. The minimum Gasteiger partial charge on any atom is -0.461 e. The molecule has 0 fully saturated rings. The number of ether oxygens (including phenoxy) is 1. The van der Waals surface area contributed by atoms with Gasteiger partial charge in [-0.2, -0.15) is 0 Å². The van der Waals surface area contributed by atoms with Gasteiger partial charge in [-0.15, -0.1) is 0 Å². The highest BCUT2D eigenvalue weighted by Crippen LogP contribution is 2.33. The standard InChI is InChI=1S/C21H28O3/c1-5-10-24-21(23)19(14(2)3)13-20(22)15(4)18-11-16-8-6-7-9-17(16)12-18/h5-9,14-15,18-19H,1,10-13H2,2-4H3/t15-,19-/m0/s1. The van der Waals surface area contributed by atoms with Crippen LogP contribution in [0.5, 0.6) is 0 Å². The van der Waals surface area contributed by atoms with Crippen molar-refractivity contribution in [3.05, 3.63) is 48.0 Å². The first-order valence-electron chi connectivity index (χ1n) is 8.81. The van der Waals surface area contributed by atoms with Gasteiger partial charge in [-0.3, -0.25) is 9.59 Å². The summed E-state index contributed by atoms with van der Waals surface area (Å²) < 4.78 is 5.16. The van der Waals surface area contributed by atoms with Crippen LogP contribution >= 0.6 is 0 Å². The van der Waals surface area contributed by atoms with E-state index in [2.05, 4.69) is 30.8 Å². The predicted octanol–water partition coefficient (Wildman–Crippen LogP) is 4.00. The first-order valence-corrected chi connectivity index (χ1v) is 8.81. The molecule has 0 aliphatic heterocycles. The second-order valence-electron chi connectivity index (χ2n) is 7.17. The third kappa shape index (κ3) is 4.34. The van der Waals surface area contributed by atoms with E-state index in [1.54, 1.807) is 6.08 Å². The zero-order valence-corrected chi connectivity index (χ0v) is 15.0. The first-order chi connectivity index (χ1) is 11.4. The molecule has 0 spiro atoms. The summed E-state index contributed by atoms with van der Waals surface area (Å²) in [5, 5.41) is 0. The minimum atomic E-state index is -0.372. The van der Waals surface area contributed by atoms with Crippen molar-refractivity contribution in [2.24, 2.45) is 23.7 Å². The van der Waals surface area contributed by atoms with Crippen molar-refractivity contribution in [1.29, 1.82) is 0 Å². The van der Waals surface area contributed by atoms with Crippen LogP contribution in [0.1, 0.15) is 38.3 Å². The SMILES string of the molecule is C=CCOC(=O)[C@@H](CC(=O)[C@@H](C)C1Cc2ccccc2C1)C(C)C. The van der Waals surface area contributed by atoms with Crippen molar-refractivity contribution in [2.75, 3.05) is 6.61 Å². The van der Waals surface area contributed by atoms with Gasteiger partial charge in [0.1, 0.15) is 12.4 Å². The average Bonchev–Trinajstić information content (AvgIpc) is 3.00. The molecule has 0 saturated heterocycles. The van der Waals surface area contributed by atoms with Gasteiger partial charge >= 0.3 is 5.97 Å². The Bertz CT molecular complexity index is 578. The van der Waals surface area contributed by atoms with E-state index in [0.717, 1.165) is 12.8 Å². The van der Waals surface area contributed by atoms with Crippen LogP contribution in [0, 0.1) is 23.7 Å². The van der Waals surface area contributed by atoms with E-state index in [0.29, 0.717) is 5.92 Å². The zero-order chi connectivity index (χ0) is 17.7. The number of ketones is 1. The number of carbonyl (C=O) groups is 2. The largest absolute Gasteiger partial charge is 0.461 e. The van der Waals surface area contributed by atoms with Crippen LogP contribution in [0.15, 0.2) is 36.9 Å². The van der Waals surface area contributed by atoms with Gasteiger partial charge in [-0.05, 0) is 35.8 Å². The Morgan fingerprint density at radius 3 is 2.29 bits per heavy atom. The highest BCUT2D eigenvalue weighted by Gasteiger charge is 2.33. The Balaban J connectivity index is 1.97. The average molecular weight is 328 g/mol. The van der Waals surface area contributed by atoms with Crippen LogP contribution in [-0.2, 0) is 27.2 Å². The van der Waals surface area contributed by atoms with Crippen LogP contribution in [0.3, 0.4) is 0 Å². The molecule has 2 rings (SSSR count). The van der Waals surface area contributed by atoms with E-state index >= 15 is 0 Å². The zero-order valence-electron chi connectivity index (χ0n) is 15.0. The van der Waals surface area contributed by atoms with E-state index in [4.69, 9.17) is 4.74 Å². The first kappa shape index (κ1) is 18.4. The van der Waals surface area contributed by atoms with Crippen LogP contribution in [0.2, 0.25) is 0 Å². The number of rotatable bonds is 8. The summed E-state index contributed by atoms with van der Waals surface area (Å²) in [6.07, 6.45) is 3.73. The third-order valence-electron chi connectivity index (χ3n) is 5.17. The van der Waals surface area contributed by atoms with E-state index in [9.17, 15) is 9.59 Å². The second kappa shape index (κ2) is 8.27. The van der Waals surface area contributed by atoms with Crippen LogP contribution in [-0.4, -0.2) is 18.4 Å². The van der Waals surface area contributed by atoms with E-state index in [1.807, 2.05) is 20.8 Å². The predicted molar refractivity (Wildman–Crippen MR) is 95.6 cm³/mol. The summed E-state index contributed by atoms with van der Waals surface area (Å²) in [6, 6.07) is 8.41. The molecule has 0 heterocycles. The van der Waals surface area contributed by atoms with Crippen molar-refractivity contribution in [2.45, 2.75) is 40.0 Å². The number of fused-ring (bicyclic) bond motifs is 1. The molecule has 130 valence electrons. The fraction of sp³-hybridized carbons (Fsp3) is 0.524. The molecule has 0 bridgehead atoms. The Morgan fingerprint density at radius 1 is 1.21 bits per heavy atom. The summed E-state index contributed by atoms with van der Waals surface area (Å²) in [6.45, 7) is 9.68. The smallest absolute Gasteiger partial charge is 0.309 e. The molecule has 24 heavy (non-hydrogen) atoms. The van der Waals surface area contributed by atoms with Gasteiger partial charge < -0.3 is 4.74 Å². The van der Waals surface area contributed by atoms with Crippen molar-refractivity contribution in [3.63, 3.8) is 0 Å². The maximum atomic E-state index is 12.7. The Labute approximate surface area is 145 Å². The van der Waals surface area contributed by atoms with Gasteiger partial charge in [0.15, 0.2) is 0 Å². The van der Waals surface area contributed by atoms with Gasteiger partial charge in [0.25, 0.3) is 0 Å². The molecule has 1 aliphatic carbocycles. The number of esters is 1. The van der Waals surface area contributed by atoms with Gasteiger partial charge in [-0.1, -0.05) is 57.7 Å². The van der Waals surface area contributed by atoms with Gasteiger partial charge in [0.05, 0.1) is 5.92 Å². The molecule has 0 unspecified atom stereocenters. The van der Waals surface area contributed by atoms with E-state index < -0.39 is 0 Å². The van der Waals surface area contributed by atoms with Gasteiger partial charge in [0, 0.05) is 12.3 Å².